The Morgan fingerprint density at radius 3 is 2.33 bits per heavy atom. The van der Waals surface area contributed by atoms with Crippen molar-refractivity contribution in [2.45, 2.75) is 44.9 Å². The van der Waals surface area contributed by atoms with Crippen molar-refractivity contribution in [1.29, 1.82) is 0 Å². The van der Waals surface area contributed by atoms with Gasteiger partial charge in [-0.1, -0.05) is 6.42 Å². The van der Waals surface area contributed by atoms with Gasteiger partial charge >= 0.3 is 0 Å². The molecule has 0 radical (unpaired) electrons. The van der Waals surface area contributed by atoms with Gasteiger partial charge in [-0.05, 0) is 44.4 Å². The molecule has 7 nitrogen and oxygen atoms in total. The zero-order chi connectivity index (χ0) is 18.5. The first-order valence-corrected chi connectivity index (χ1v) is 10.2. The van der Waals surface area contributed by atoms with Gasteiger partial charge in [0.1, 0.15) is 0 Å². The fourth-order valence-electron chi connectivity index (χ4n) is 3.09. The van der Waals surface area contributed by atoms with Crippen LogP contribution in [-0.4, -0.2) is 65.0 Å². The van der Waals surface area contributed by atoms with Gasteiger partial charge in [-0.2, -0.15) is 0 Å². The maximum absolute atomic E-state index is 11.7. The fourth-order valence-corrected chi connectivity index (χ4v) is 3.09. The molecular formula is C19H37IN4O3. The Balaban J connectivity index is 0.00000364. The fraction of sp³-hybridized carbons (Fsp3) is 0.895. The molecular weight excluding hydrogens is 459 g/mol. The molecule has 0 aromatic rings. The Bertz CT molecular complexity index is 427. The molecule has 8 heteroatoms. The van der Waals surface area contributed by atoms with E-state index in [4.69, 9.17) is 9.47 Å². The number of hydrogen-bond acceptors (Lipinski definition) is 4. The molecule has 0 bridgehead atoms. The number of carbonyl (C=O) groups is 1. The Morgan fingerprint density at radius 2 is 1.70 bits per heavy atom. The highest BCUT2D eigenvalue weighted by atomic mass is 127. The molecule has 2 aliphatic rings. The van der Waals surface area contributed by atoms with Crippen molar-refractivity contribution < 1.29 is 14.3 Å². The number of halogens is 1. The van der Waals surface area contributed by atoms with Gasteiger partial charge in [-0.15, -0.1) is 24.0 Å². The number of rotatable bonds is 11. The average molecular weight is 496 g/mol. The van der Waals surface area contributed by atoms with E-state index < -0.39 is 0 Å². The molecule has 0 aromatic heterocycles. The molecule has 1 amide bonds. The minimum Gasteiger partial charge on any atom is -0.381 e. The van der Waals surface area contributed by atoms with Crippen LogP contribution < -0.4 is 16.0 Å². The largest absolute Gasteiger partial charge is 0.381 e. The van der Waals surface area contributed by atoms with Crippen LogP contribution in [0.3, 0.4) is 0 Å². The van der Waals surface area contributed by atoms with E-state index >= 15 is 0 Å². The molecule has 158 valence electrons. The molecule has 1 aliphatic carbocycles. The Kier molecular flexibility index (Phi) is 13.9. The van der Waals surface area contributed by atoms with Crippen LogP contribution in [0.15, 0.2) is 4.99 Å². The zero-order valence-electron chi connectivity index (χ0n) is 16.6. The van der Waals surface area contributed by atoms with Crippen LogP contribution in [0.4, 0.5) is 0 Å². The molecule has 1 heterocycles. The monoisotopic (exact) mass is 496 g/mol. The third-order valence-electron chi connectivity index (χ3n) is 5.10. The van der Waals surface area contributed by atoms with E-state index in [9.17, 15) is 4.79 Å². The predicted molar refractivity (Wildman–Crippen MR) is 119 cm³/mol. The summed E-state index contributed by atoms with van der Waals surface area (Å²) in [6.07, 6.45) is 7.40. The lowest BCUT2D eigenvalue weighted by molar-refractivity contribution is -0.127. The average Bonchev–Trinajstić information content (AvgIpc) is 2.62. The number of hydrogen-bond donors (Lipinski definition) is 3. The van der Waals surface area contributed by atoms with Crippen molar-refractivity contribution in [2.75, 3.05) is 53.1 Å². The zero-order valence-corrected chi connectivity index (χ0v) is 19.0. The molecule has 3 N–H and O–H groups in total. The van der Waals surface area contributed by atoms with Crippen molar-refractivity contribution in [3.8, 4) is 0 Å². The van der Waals surface area contributed by atoms with Crippen molar-refractivity contribution in [3.63, 3.8) is 0 Å². The topological polar surface area (TPSA) is 84.0 Å². The van der Waals surface area contributed by atoms with Crippen LogP contribution in [0.25, 0.3) is 0 Å². The van der Waals surface area contributed by atoms with Gasteiger partial charge in [0.25, 0.3) is 0 Å². The SMILES string of the molecule is CN=C(NCCCNC(=O)C1CCC1)NCCCOCC1CCOCC1.I. The van der Waals surface area contributed by atoms with E-state index in [1.165, 1.54) is 6.42 Å². The molecule has 0 aromatic carbocycles. The Hall–Kier alpha value is -0.610. The summed E-state index contributed by atoms with van der Waals surface area (Å²) in [6, 6.07) is 0. The minimum atomic E-state index is 0. The van der Waals surface area contributed by atoms with Crippen molar-refractivity contribution in [2.24, 2.45) is 16.8 Å². The predicted octanol–water partition coefficient (Wildman–Crippen LogP) is 1.91. The van der Waals surface area contributed by atoms with E-state index in [0.717, 1.165) is 90.5 Å². The summed E-state index contributed by atoms with van der Waals surface area (Å²) in [7, 11) is 1.77. The highest BCUT2D eigenvalue weighted by Gasteiger charge is 2.24. The van der Waals surface area contributed by atoms with E-state index in [-0.39, 0.29) is 35.8 Å². The van der Waals surface area contributed by atoms with Crippen molar-refractivity contribution in [1.82, 2.24) is 16.0 Å². The lowest BCUT2D eigenvalue weighted by Crippen LogP contribution is -2.40. The highest BCUT2D eigenvalue weighted by molar-refractivity contribution is 14.0. The second-order valence-electron chi connectivity index (χ2n) is 7.18. The van der Waals surface area contributed by atoms with E-state index in [1.807, 2.05) is 0 Å². The van der Waals surface area contributed by atoms with Gasteiger partial charge < -0.3 is 25.4 Å². The number of aliphatic imine (C=N–C) groups is 1. The molecule has 2 rings (SSSR count). The lowest BCUT2D eigenvalue weighted by Gasteiger charge is -2.24. The third kappa shape index (κ3) is 10.5. The lowest BCUT2D eigenvalue weighted by atomic mass is 9.85. The molecule has 1 aliphatic heterocycles. The first-order valence-electron chi connectivity index (χ1n) is 10.2. The summed E-state index contributed by atoms with van der Waals surface area (Å²) in [6.45, 7) is 5.73. The maximum atomic E-state index is 11.7. The van der Waals surface area contributed by atoms with Gasteiger partial charge in [0.05, 0.1) is 0 Å². The number of amides is 1. The van der Waals surface area contributed by atoms with Gasteiger partial charge in [-0.25, -0.2) is 0 Å². The summed E-state index contributed by atoms with van der Waals surface area (Å²) in [5, 5.41) is 9.58. The van der Waals surface area contributed by atoms with Crippen LogP contribution in [0.1, 0.15) is 44.9 Å². The van der Waals surface area contributed by atoms with Gasteiger partial charge in [0, 0.05) is 59.0 Å². The highest BCUT2D eigenvalue weighted by Crippen LogP contribution is 2.25. The smallest absolute Gasteiger partial charge is 0.223 e. The van der Waals surface area contributed by atoms with Crippen LogP contribution in [-0.2, 0) is 14.3 Å². The number of nitrogens with zero attached hydrogens (tertiary/aromatic N) is 1. The first-order chi connectivity index (χ1) is 12.8. The molecule has 2 fully saturated rings. The molecule has 0 spiro atoms. The van der Waals surface area contributed by atoms with E-state index in [1.54, 1.807) is 7.05 Å². The summed E-state index contributed by atoms with van der Waals surface area (Å²) in [5.74, 6) is 1.96. The maximum Gasteiger partial charge on any atom is 0.223 e. The van der Waals surface area contributed by atoms with Gasteiger partial charge in [-0.3, -0.25) is 9.79 Å². The number of nitrogens with one attached hydrogen (secondary N) is 3. The molecule has 1 saturated carbocycles. The molecule has 1 saturated heterocycles. The Morgan fingerprint density at radius 1 is 1.04 bits per heavy atom. The summed E-state index contributed by atoms with van der Waals surface area (Å²) in [5.41, 5.74) is 0. The number of carbonyl (C=O) groups excluding carboxylic acids is 1. The summed E-state index contributed by atoms with van der Waals surface area (Å²) < 4.78 is 11.1. The van der Waals surface area contributed by atoms with Crippen LogP contribution in [0.5, 0.6) is 0 Å². The second-order valence-corrected chi connectivity index (χ2v) is 7.18. The standard InChI is InChI=1S/C19H36N4O3.HI/c1-20-19(22-10-3-9-21-18(24)17-5-2-6-17)23-11-4-12-26-15-16-7-13-25-14-8-16;/h16-17H,2-15H2,1H3,(H,21,24)(H2,20,22,23);1H. The van der Waals surface area contributed by atoms with E-state index in [0.29, 0.717) is 5.92 Å². The minimum absolute atomic E-state index is 0. The summed E-state index contributed by atoms with van der Waals surface area (Å²) >= 11 is 0. The quantitative estimate of drug-likeness (QED) is 0.176. The number of guanidine groups is 1. The molecule has 0 unspecified atom stereocenters. The van der Waals surface area contributed by atoms with Crippen LogP contribution in [0.2, 0.25) is 0 Å². The number of ether oxygens (including phenoxy) is 2. The normalized spacial score (nSPS) is 18.3. The summed E-state index contributed by atoms with van der Waals surface area (Å²) in [4.78, 5) is 15.9. The molecule has 0 atom stereocenters. The second kappa shape index (κ2) is 15.3. The third-order valence-corrected chi connectivity index (χ3v) is 5.10. The molecule has 27 heavy (non-hydrogen) atoms. The van der Waals surface area contributed by atoms with Crippen LogP contribution in [0, 0.1) is 11.8 Å². The van der Waals surface area contributed by atoms with Crippen molar-refractivity contribution in [3.05, 3.63) is 0 Å². The Labute approximate surface area is 180 Å². The van der Waals surface area contributed by atoms with E-state index in [2.05, 4.69) is 20.9 Å². The van der Waals surface area contributed by atoms with Crippen LogP contribution >= 0.6 is 24.0 Å². The van der Waals surface area contributed by atoms with Crippen molar-refractivity contribution >= 4 is 35.8 Å². The first kappa shape index (κ1) is 24.4. The van der Waals surface area contributed by atoms with Gasteiger partial charge in [0.2, 0.25) is 5.91 Å². The van der Waals surface area contributed by atoms with Gasteiger partial charge in [0.15, 0.2) is 5.96 Å².